The molecule has 88 valence electrons. The van der Waals surface area contributed by atoms with E-state index in [2.05, 4.69) is 0 Å². The third-order valence-electron chi connectivity index (χ3n) is 2.56. The van der Waals surface area contributed by atoms with E-state index in [1.54, 1.807) is 23.8 Å². The minimum Gasteiger partial charge on any atom is -0.442 e. The minimum absolute atomic E-state index is 0.0353. The van der Waals surface area contributed by atoms with Crippen molar-refractivity contribution in [1.82, 2.24) is 4.57 Å². The first-order chi connectivity index (χ1) is 8.09. The van der Waals surface area contributed by atoms with Gasteiger partial charge in [0.15, 0.2) is 11.7 Å². The van der Waals surface area contributed by atoms with Crippen molar-refractivity contribution in [2.75, 3.05) is 0 Å². The van der Waals surface area contributed by atoms with Crippen LogP contribution in [0.5, 0.6) is 0 Å². The van der Waals surface area contributed by atoms with Gasteiger partial charge in [0, 0.05) is 24.6 Å². The van der Waals surface area contributed by atoms with Crippen LogP contribution in [-0.4, -0.2) is 10.5 Å². The number of fused-ring (bicyclic) bond motifs is 1. The van der Waals surface area contributed by atoms with Crippen molar-refractivity contribution in [3.05, 3.63) is 46.8 Å². The molecule has 1 unspecified atom stereocenters. The SMILES string of the molecule is CC(=O)OC(C)n1ccc(=O)c2ccccc21. The molecule has 1 atom stereocenters. The summed E-state index contributed by atoms with van der Waals surface area (Å²) in [5.74, 6) is -0.347. The number of hydrogen-bond donors (Lipinski definition) is 0. The second-order valence-electron chi connectivity index (χ2n) is 3.81. The van der Waals surface area contributed by atoms with Gasteiger partial charge in [0.1, 0.15) is 0 Å². The molecule has 0 radical (unpaired) electrons. The molecular formula is C13H13NO3. The summed E-state index contributed by atoms with van der Waals surface area (Å²) in [7, 11) is 0. The smallest absolute Gasteiger partial charge is 0.304 e. The molecule has 0 bridgehead atoms. The Hall–Kier alpha value is -2.10. The summed E-state index contributed by atoms with van der Waals surface area (Å²) in [6.45, 7) is 3.12. The number of benzene rings is 1. The molecular weight excluding hydrogens is 218 g/mol. The zero-order valence-corrected chi connectivity index (χ0v) is 9.71. The van der Waals surface area contributed by atoms with Gasteiger partial charge in [0.05, 0.1) is 5.52 Å². The molecule has 0 fully saturated rings. The molecule has 1 heterocycles. The molecule has 0 saturated heterocycles. The number of hydrogen-bond acceptors (Lipinski definition) is 3. The first kappa shape index (κ1) is 11.4. The first-order valence-corrected chi connectivity index (χ1v) is 5.36. The van der Waals surface area contributed by atoms with Crippen LogP contribution >= 0.6 is 0 Å². The largest absolute Gasteiger partial charge is 0.442 e. The quantitative estimate of drug-likeness (QED) is 0.743. The van der Waals surface area contributed by atoms with Gasteiger partial charge in [0.2, 0.25) is 0 Å². The summed E-state index contributed by atoms with van der Waals surface area (Å²) in [5, 5.41) is 0.619. The van der Waals surface area contributed by atoms with E-state index in [0.29, 0.717) is 5.39 Å². The van der Waals surface area contributed by atoms with Crippen molar-refractivity contribution >= 4 is 16.9 Å². The number of carbonyl (C=O) groups excluding carboxylic acids is 1. The molecule has 0 amide bonds. The Balaban J connectivity index is 2.59. The number of ether oxygens (including phenoxy) is 1. The summed E-state index contributed by atoms with van der Waals surface area (Å²) >= 11 is 0. The van der Waals surface area contributed by atoms with Crippen LogP contribution in [0.2, 0.25) is 0 Å². The summed E-state index contributed by atoms with van der Waals surface area (Å²) in [5.41, 5.74) is 0.723. The average Bonchev–Trinajstić information content (AvgIpc) is 2.29. The Labute approximate surface area is 98.4 Å². The fourth-order valence-electron chi connectivity index (χ4n) is 1.84. The second-order valence-corrected chi connectivity index (χ2v) is 3.81. The van der Waals surface area contributed by atoms with Crippen LogP contribution in [-0.2, 0) is 9.53 Å². The van der Waals surface area contributed by atoms with E-state index in [0.717, 1.165) is 5.52 Å². The summed E-state index contributed by atoms with van der Waals surface area (Å²) in [4.78, 5) is 22.6. The Bertz CT molecular complexity index is 615. The van der Waals surface area contributed by atoms with E-state index in [4.69, 9.17) is 4.74 Å². The zero-order chi connectivity index (χ0) is 12.4. The van der Waals surface area contributed by atoms with Gasteiger partial charge in [-0.1, -0.05) is 12.1 Å². The van der Waals surface area contributed by atoms with Crippen molar-refractivity contribution < 1.29 is 9.53 Å². The first-order valence-electron chi connectivity index (χ1n) is 5.36. The van der Waals surface area contributed by atoms with Crippen molar-refractivity contribution in [2.45, 2.75) is 20.1 Å². The monoisotopic (exact) mass is 231 g/mol. The third kappa shape index (κ3) is 2.20. The third-order valence-corrected chi connectivity index (χ3v) is 2.56. The molecule has 2 aromatic rings. The highest BCUT2D eigenvalue weighted by Gasteiger charge is 2.10. The second kappa shape index (κ2) is 4.41. The lowest BCUT2D eigenvalue weighted by molar-refractivity contribution is -0.149. The number of pyridine rings is 1. The lowest BCUT2D eigenvalue weighted by Crippen LogP contribution is -2.15. The van der Waals surface area contributed by atoms with Crippen LogP contribution in [0.15, 0.2) is 41.3 Å². The summed E-state index contributed by atoms with van der Waals surface area (Å²) in [6.07, 6.45) is 1.20. The summed E-state index contributed by atoms with van der Waals surface area (Å²) < 4.78 is 6.87. The standard InChI is InChI=1S/C13H13NO3/c1-9(17-10(2)15)14-8-7-13(16)11-5-3-4-6-12(11)14/h3-9H,1-2H3. The van der Waals surface area contributed by atoms with E-state index in [1.165, 1.54) is 13.0 Å². The van der Waals surface area contributed by atoms with E-state index >= 15 is 0 Å². The fraction of sp³-hybridized carbons (Fsp3) is 0.231. The number of nitrogens with zero attached hydrogens (tertiary/aromatic N) is 1. The van der Waals surface area contributed by atoms with Gasteiger partial charge < -0.3 is 9.30 Å². The topological polar surface area (TPSA) is 48.3 Å². The lowest BCUT2D eigenvalue weighted by Gasteiger charge is -2.18. The predicted octanol–water partition coefficient (Wildman–Crippen LogP) is 2.08. The van der Waals surface area contributed by atoms with Gasteiger partial charge in [0.25, 0.3) is 0 Å². The molecule has 0 aliphatic carbocycles. The molecule has 0 spiro atoms. The van der Waals surface area contributed by atoms with Crippen LogP contribution in [0.25, 0.3) is 10.9 Å². The van der Waals surface area contributed by atoms with Crippen LogP contribution in [0.1, 0.15) is 20.1 Å². The molecule has 0 aliphatic heterocycles. The van der Waals surface area contributed by atoms with Crippen LogP contribution in [0, 0.1) is 0 Å². The van der Waals surface area contributed by atoms with Gasteiger partial charge in [-0.15, -0.1) is 0 Å². The molecule has 2 rings (SSSR count). The average molecular weight is 231 g/mol. The number of carbonyl (C=O) groups is 1. The van der Waals surface area contributed by atoms with E-state index in [-0.39, 0.29) is 11.4 Å². The maximum Gasteiger partial charge on any atom is 0.304 e. The number of aromatic nitrogens is 1. The maximum atomic E-state index is 11.7. The highest BCUT2D eigenvalue weighted by molar-refractivity contribution is 5.78. The van der Waals surface area contributed by atoms with Gasteiger partial charge >= 0.3 is 5.97 Å². The normalized spacial score (nSPS) is 12.4. The number of esters is 1. The van der Waals surface area contributed by atoms with E-state index in [9.17, 15) is 9.59 Å². The Morgan fingerprint density at radius 1 is 1.29 bits per heavy atom. The lowest BCUT2D eigenvalue weighted by atomic mass is 10.2. The van der Waals surface area contributed by atoms with Gasteiger partial charge in [-0.2, -0.15) is 0 Å². The predicted molar refractivity (Wildman–Crippen MR) is 64.7 cm³/mol. The van der Waals surface area contributed by atoms with Crippen molar-refractivity contribution in [3.63, 3.8) is 0 Å². The van der Waals surface area contributed by atoms with Crippen molar-refractivity contribution in [2.24, 2.45) is 0 Å². The van der Waals surface area contributed by atoms with Gasteiger partial charge in [-0.25, -0.2) is 0 Å². The van der Waals surface area contributed by atoms with E-state index < -0.39 is 6.23 Å². The van der Waals surface area contributed by atoms with Crippen molar-refractivity contribution in [3.8, 4) is 0 Å². The number of para-hydroxylation sites is 1. The van der Waals surface area contributed by atoms with Crippen LogP contribution < -0.4 is 5.43 Å². The molecule has 17 heavy (non-hydrogen) atoms. The molecule has 0 saturated carbocycles. The van der Waals surface area contributed by atoms with E-state index in [1.807, 2.05) is 18.2 Å². The van der Waals surface area contributed by atoms with Crippen LogP contribution in [0.4, 0.5) is 0 Å². The Kier molecular flexibility index (Phi) is 2.95. The summed E-state index contributed by atoms with van der Waals surface area (Å²) in [6, 6.07) is 8.72. The Morgan fingerprint density at radius 3 is 2.71 bits per heavy atom. The van der Waals surface area contributed by atoms with Gasteiger partial charge in [-0.05, 0) is 19.1 Å². The molecule has 4 heteroatoms. The highest BCUT2D eigenvalue weighted by Crippen LogP contribution is 2.16. The zero-order valence-electron chi connectivity index (χ0n) is 9.71. The molecule has 4 nitrogen and oxygen atoms in total. The molecule has 1 aromatic heterocycles. The van der Waals surface area contributed by atoms with Gasteiger partial charge in [-0.3, -0.25) is 9.59 Å². The Morgan fingerprint density at radius 2 is 2.00 bits per heavy atom. The highest BCUT2D eigenvalue weighted by atomic mass is 16.6. The fourth-order valence-corrected chi connectivity index (χ4v) is 1.84. The van der Waals surface area contributed by atoms with Crippen LogP contribution in [0.3, 0.4) is 0 Å². The molecule has 0 N–H and O–H groups in total. The molecule has 1 aromatic carbocycles. The minimum atomic E-state index is -0.432. The number of rotatable bonds is 2. The van der Waals surface area contributed by atoms with Crippen molar-refractivity contribution in [1.29, 1.82) is 0 Å². The molecule has 0 aliphatic rings. The maximum absolute atomic E-state index is 11.7.